The average molecular weight is 311 g/mol. The Bertz CT molecular complexity index is 392. The molecule has 0 aliphatic carbocycles. The Hall–Kier alpha value is -0.540. The van der Waals surface area contributed by atoms with Crippen molar-refractivity contribution in [1.29, 1.82) is 0 Å². The van der Waals surface area contributed by atoms with E-state index in [0.29, 0.717) is 6.04 Å². The molecule has 1 saturated heterocycles. The summed E-state index contributed by atoms with van der Waals surface area (Å²) in [6.07, 6.45) is 3.74. The minimum absolute atomic E-state index is 0.630. The number of anilines is 1. The molecule has 1 N–H and O–H groups in total. The van der Waals surface area contributed by atoms with Gasteiger partial charge >= 0.3 is 0 Å². The summed E-state index contributed by atoms with van der Waals surface area (Å²) in [5, 5.41) is 3.66. The molecule has 1 fully saturated rings. The minimum Gasteiger partial charge on any atom is -0.369 e. The Balaban J connectivity index is 2.17. The number of aryl methyl sites for hydroxylation is 1. The zero-order valence-electron chi connectivity index (χ0n) is 11.4. The average Bonchev–Trinajstić information content (AvgIpc) is 2.59. The molecule has 2 rings (SSSR count). The first-order valence-electron chi connectivity index (χ1n) is 6.95. The lowest BCUT2D eigenvalue weighted by atomic mass is 10.1. The third-order valence-electron chi connectivity index (χ3n) is 3.63. The van der Waals surface area contributed by atoms with Gasteiger partial charge in [-0.3, -0.25) is 0 Å². The Morgan fingerprint density at radius 2 is 2.28 bits per heavy atom. The summed E-state index contributed by atoms with van der Waals surface area (Å²) in [5.74, 6) is 0. The van der Waals surface area contributed by atoms with Crippen LogP contribution in [-0.2, 0) is 0 Å². The fraction of sp³-hybridized carbons (Fsp3) is 0.600. The predicted molar refractivity (Wildman–Crippen MR) is 82.4 cm³/mol. The first-order valence-corrected chi connectivity index (χ1v) is 7.75. The van der Waals surface area contributed by atoms with Crippen LogP contribution in [0.5, 0.6) is 0 Å². The maximum atomic E-state index is 3.74. The molecule has 0 spiro atoms. The SMILES string of the molecule is CCCC1CN(c2cccc(C)c2Br)CCCN1. The number of nitrogens with one attached hydrogen (secondary N) is 1. The summed E-state index contributed by atoms with van der Waals surface area (Å²) in [6.45, 7) is 7.84. The van der Waals surface area contributed by atoms with Gasteiger partial charge in [0.05, 0.1) is 5.69 Å². The molecule has 3 heteroatoms. The summed E-state index contributed by atoms with van der Waals surface area (Å²) in [7, 11) is 0. The predicted octanol–water partition coefficient (Wildman–Crippen LogP) is 3.73. The molecule has 0 amide bonds. The quantitative estimate of drug-likeness (QED) is 0.915. The smallest absolute Gasteiger partial charge is 0.0513 e. The van der Waals surface area contributed by atoms with Crippen molar-refractivity contribution in [3.63, 3.8) is 0 Å². The van der Waals surface area contributed by atoms with Crippen molar-refractivity contribution < 1.29 is 0 Å². The maximum Gasteiger partial charge on any atom is 0.0513 e. The molecule has 1 aliphatic heterocycles. The lowest BCUT2D eigenvalue weighted by Gasteiger charge is -2.27. The molecule has 0 saturated carbocycles. The molecular formula is C15H23BrN2. The number of halogens is 1. The molecule has 1 aromatic carbocycles. The molecule has 1 heterocycles. The van der Waals surface area contributed by atoms with Gasteiger partial charge in [-0.15, -0.1) is 0 Å². The fourth-order valence-corrected chi connectivity index (χ4v) is 3.15. The molecule has 100 valence electrons. The van der Waals surface area contributed by atoms with E-state index in [1.165, 1.54) is 35.0 Å². The van der Waals surface area contributed by atoms with Gasteiger partial charge in [0.15, 0.2) is 0 Å². The number of nitrogens with zero attached hydrogens (tertiary/aromatic N) is 1. The van der Waals surface area contributed by atoms with Crippen molar-refractivity contribution in [1.82, 2.24) is 5.32 Å². The first-order chi connectivity index (χ1) is 8.72. The van der Waals surface area contributed by atoms with E-state index in [1.807, 2.05) is 0 Å². The fourth-order valence-electron chi connectivity index (χ4n) is 2.63. The molecule has 1 atom stereocenters. The second-order valence-corrected chi connectivity index (χ2v) is 5.94. The Morgan fingerprint density at radius 3 is 3.06 bits per heavy atom. The third-order valence-corrected chi connectivity index (χ3v) is 4.66. The van der Waals surface area contributed by atoms with Crippen LogP contribution in [0.1, 0.15) is 31.7 Å². The van der Waals surface area contributed by atoms with Crippen LogP contribution in [0, 0.1) is 6.92 Å². The Labute approximate surface area is 119 Å². The Morgan fingerprint density at radius 1 is 1.44 bits per heavy atom. The number of rotatable bonds is 3. The van der Waals surface area contributed by atoms with E-state index in [4.69, 9.17) is 0 Å². The van der Waals surface area contributed by atoms with Gasteiger partial charge in [0.25, 0.3) is 0 Å². The number of hydrogen-bond donors (Lipinski definition) is 1. The van der Waals surface area contributed by atoms with Gasteiger partial charge in [0.1, 0.15) is 0 Å². The van der Waals surface area contributed by atoms with E-state index < -0.39 is 0 Å². The summed E-state index contributed by atoms with van der Waals surface area (Å²) in [6, 6.07) is 7.17. The van der Waals surface area contributed by atoms with E-state index in [-0.39, 0.29) is 0 Å². The molecule has 1 aliphatic rings. The van der Waals surface area contributed by atoms with Crippen molar-refractivity contribution in [2.45, 2.75) is 39.2 Å². The standard InChI is InChI=1S/C15H23BrN2/c1-3-6-13-11-18(10-5-9-17-13)14-8-4-7-12(2)15(14)16/h4,7-8,13,17H,3,5-6,9-11H2,1-2H3. The highest BCUT2D eigenvalue weighted by Gasteiger charge is 2.19. The normalized spacial score (nSPS) is 20.8. The number of hydrogen-bond acceptors (Lipinski definition) is 2. The lowest BCUT2D eigenvalue weighted by Crippen LogP contribution is -2.37. The van der Waals surface area contributed by atoms with Crippen molar-refractivity contribution in [2.24, 2.45) is 0 Å². The highest BCUT2D eigenvalue weighted by molar-refractivity contribution is 9.10. The summed E-state index contributed by atoms with van der Waals surface area (Å²) < 4.78 is 1.25. The summed E-state index contributed by atoms with van der Waals surface area (Å²) in [5.41, 5.74) is 2.66. The summed E-state index contributed by atoms with van der Waals surface area (Å²) in [4.78, 5) is 2.53. The van der Waals surface area contributed by atoms with Crippen molar-refractivity contribution in [3.05, 3.63) is 28.2 Å². The van der Waals surface area contributed by atoms with Crippen molar-refractivity contribution in [3.8, 4) is 0 Å². The zero-order chi connectivity index (χ0) is 13.0. The highest BCUT2D eigenvalue weighted by atomic mass is 79.9. The molecule has 18 heavy (non-hydrogen) atoms. The van der Waals surface area contributed by atoms with Crippen LogP contribution in [0.15, 0.2) is 22.7 Å². The zero-order valence-corrected chi connectivity index (χ0v) is 13.0. The van der Waals surface area contributed by atoms with Crippen LogP contribution in [0.2, 0.25) is 0 Å². The molecule has 1 unspecified atom stereocenters. The van der Waals surface area contributed by atoms with E-state index in [0.717, 1.165) is 19.6 Å². The topological polar surface area (TPSA) is 15.3 Å². The van der Waals surface area contributed by atoms with Gasteiger partial charge in [-0.1, -0.05) is 25.5 Å². The van der Waals surface area contributed by atoms with Gasteiger partial charge < -0.3 is 10.2 Å². The summed E-state index contributed by atoms with van der Waals surface area (Å²) >= 11 is 3.74. The molecule has 1 aromatic rings. The first kappa shape index (κ1) is 13.9. The van der Waals surface area contributed by atoms with Crippen LogP contribution in [0.4, 0.5) is 5.69 Å². The largest absolute Gasteiger partial charge is 0.369 e. The molecule has 2 nitrogen and oxygen atoms in total. The van der Waals surface area contributed by atoms with Gasteiger partial charge in [0, 0.05) is 23.6 Å². The maximum absolute atomic E-state index is 3.74. The van der Waals surface area contributed by atoms with Crippen molar-refractivity contribution in [2.75, 3.05) is 24.5 Å². The van der Waals surface area contributed by atoms with Crippen LogP contribution in [-0.4, -0.2) is 25.7 Å². The third kappa shape index (κ3) is 3.27. The van der Waals surface area contributed by atoms with Gasteiger partial charge in [-0.2, -0.15) is 0 Å². The van der Waals surface area contributed by atoms with Crippen LogP contribution in [0.25, 0.3) is 0 Å². The second kappa shape index (κ2) is 6.58. The van der Waals surface area contributed by atoms with Crippen LogP contribution in [0.3, 0.4) is 0 Å². The van der Waals surface area contributed by atoms with Crippen LogP contribution < -0.4 is 10.2 Å². The molecular weight excluding hydrogens is 288 g/mol. The van der Waals surface area contributed by atoms with Gasteiger partial charge in [-0.05, 0) is 53.9 Å². The molecule has 0 aromatic heterocycles. The molecule has 0 radical (unpaired) electrons. The van der Waals surface area contributed by atoms with E-state index in [1.54, 1.807) is 0 Å². The Kier molecular flexibility index (Phi) is 5.07. The van der Waals surface area contributed by atoms with E-state index in [2.05, 4.69) is 58.2 Å². The van der Waals surface area contributed by atoms with Crippen molar-refractivity contribution >= 4 is 21.6 Å². The van der Waals surface area contributed by atoms with E-state index in [9.17, 15) is 0 Å². The monoisotopic (exact) mass is 310 g/mol. The van der Waals surface area contributed by atoms with Gasteiger partial charge in [0.2, 0.25) is 0 Å². The number of benzene rings is 1. The second-order valence-electron chi connectivity index (χ2n) is 5.15. The minimum atomic E-state index is 0.630. The van der Waals surface area contributed by atoms with Gasteiger partial charge in [-0.25, -0.2) is 0 Å². The lowest BCUT2D eigenvalue weighted by molar-refractivity contribution is 0.502. The van der Waals surface area contributed by atoms with Crippen LogP contribution >= 0.6 is 15.9 Å². The van der Waals surface area contributed by atoms with E-state index >= 15 is 0 Å². The highest BCUT2D eigenvalue weighted by Crippen LogP contribution is 2.30. The molecule has 0 bridgehead atoms.